The summed E-state index contributed by atoms with van der Waals surface area (Å²) in [6.07, 6.45) is 5.24. The summed E-state index contributed by atoms with van der Waals surface area (Å²) in [5.41, 5.74) is 1.05. The average Bonchev–Trinajstić information content (AvgIpc) is 2.32. The lowest BCUT2D eigenvalue weighted by Crippen LogP contribution is -2.16. The summed E-state index contributed by atoms with van der Waals surface area (Å²) in [5, 5.41) is 0. The van der Waals surface area contributed by atoms with Crippen LogP contribution >= 0.6 is 0 Å². The van der Waals surface area contributed by atoms with E-state index in [9.17, 15) is 0 Å². The lowest BCUT2D eigenvalue weighted by atomic mass is 10.4. The molecule has 0 aliphatic heterocycles. The molecule has 0 fully saturated rings. The van der Waals surface area contributed by atoms with Crippen LogP contribution in [0.3, 0.4) is 0 Å². The highest BCUT2D eigenvalue weighted by Gasteiger charge is 2.08. The van der Waals surface area contributed by atoms with Gasteiger partial charge in [-0.25, -0.2) is 0 Å². The van der Waals surface area contributed by atoms with Crippen molar-refractivity contribution in [3.8, 4) is 0 Å². The van der Waals surface area contributed by atoms with E-state index in [0.717, 1.165) is 5.56 Å². The molecular weight excluding hydrogens is 154 g/mol. The largest absolute Gasteiger partial charge is 0.472 e. The maximum Gasteiger partial charge on any atom is 0.172 e. The highest BCUT2D eigenvalue weighted by Crippen LogP contribution is 2.03. The fraction of sp³-hybridized carbons (Fsp3) is 0.375. The van der Waals surface area contributed by atoms with Gasteiger partial charge < -0.3 is 9.08 Å². The van der Waals surface area contributed by atoms with Crippen molar-refractivity contribution in [2.45, 2.75) is 19.6 Å². The molecule has 1 rings (SSSR count). The molecule has 60 valence electrons. The van der Waals surface area contributed by atoms with Gasteiger partial charge in [-0.1, -0.05) is 0 Å². The van der Waals surface area contributed by atoms with Crippen molar-refractivity contribution < 1.29 is 4.42 Å². The van der Waals surface area contributed by atoms with Crippen molar-refractivity contribution in [1.29, 1.82) is 0 Å². The predicted octanol–water partition coefficient (Wildman–Crippen LogP) is 2.53. The molecule has 1 aromatic rings. The topological polar surface area (TPSA) is 25.5 Å². The molecule has 0 N–H and O–H groups in total. The van der Waals surface area contributed by atoms with Gasteiger partial charge in [0.2, 0.25) is 0 Å². The second-order valence-electron chi connectivity index (χ2n) is 3.49. The van der Waals surface area contributed by atoms with Gasteiger partial charge in [0.15, 0.2) is 8.24 Å². The lowest BCUT2D eigenvalue weighted by molar-refractivity contribution is 0.567. The van der Waals surface area contributed by atoms with Crippen molar-refractivity contribution in [3.05, 3.63) is 24.2 Å². The molecule has 1 aromatic heterocycles. The third-order valence-electron chi connectivity index (χ3n) is 1.14. The van der Waals surface area contributed by atoms with Gasteiger partial charge in [-0.05, 0) is 25.7 Å². The smallest absolute Gasteiger partial charge is 0.172 e. The molecule has 3 heteroatoms. The average molecular weight is 167 g/mol. The predicted molar refractivity (Wildman–Crippen MR) is 49.6 cm³/mol. The number of rotatable bonds is 2. The minimum atomic E-state index is -1.29. The Bertz CT molecular complexity index is 233. The van der Waals surface area contributed by atoms with Crippen LogP contribution in [0.25, 0.3) is 0 Å². The molecule has 11 heavy (non-hydrogen) atoms. The van der Waals surface area contributed by atoms with Crippen molar-refractivity contribution in [1.82, 2.24) is 0 Å². The van der Waals surface area contributed by atoms with Gasteiger partial charge in [0.05, 0.1) is 12.5 Å². The van der Waals surface area contributed by atoms with Crippen LogP contribution in [-0.4, -0.2) is 14.5 Å². The maximum absolute atomic E-state index is 4.90. The third-order valence-corrected chi connectivity index (χ3v) is 2.05. The van der Waals surface area contributed by atoms with Crippen molar-refractivity contribution >= 4 is 14.5 Å². The summed E-state index contributed by atoms with van der Waals surface area (Å²) in [6, 6.07) is 1.91. The van der Waals surface area contributed by atoms with Gasteiger partial charge in [-0.2, -0.15) is 0 Å². The zero-order valence-corrected chi connectivity index (χ0v) is 8.16. The number of hydrogen-bond acceptors (Lipinski definition) is 2. The second kappa shape index (κ2) is 3.05. The molecule has 0 aromatic carbocycles. The van der Waals surface area contributed by atoms with Crippen LogP contribution in [-0.2, 0) is 0 Å². The van der Waals surface area contributed by atoms with Gasteiger partial charge in [0, 0.05) is 11.8 Å². The molecule has 0 saturated heterocycles. The van der Waals surface area contributed by atoms with Crippen molar-refractivity contribution in [2.75, 3.05) is 0 Å². The minimum absolute atomic E-state index is 1.05. The standard InChI is InChI=1S/C8H13NOSi/c1-11(2,3)9-6-8-4-5-10-7-8/h4-7H,1-3H3/b9-6+. The van der Waals surface area contributed by atoms with E-state index in [0.29, 0.717) is 0 Å². The summed E-state index contributed by atoms with van der Waals surface area (Å²) in [5.74, 6) is 0. The Morgan fingerprint density at radius 1 is 1.45 bits per heavy atom. The van der Waals surface area contributed by atoms with Crippen LogP contribution in [0.15, 0.2) is 27.7 Å². The number of hydrogen-bond donors (Lipinski definition) is 0. The van der Waals surface area contributed by atoms with E-state index in [1.54, 1.807) is 12.5 Å². The van der Waals surface area contributed by atoms with E-state index in [2.05, 4.69) is 24.3 Å². The second-order valence-corrected chi connectivity index (χ2v) is 8.09. The molecule has 1 heterocycles. The van der Waals surface area contributed by atoms with Crippen LogP contribution in [0, 0.1) is 0 Å². The van der Waals surface area contributed by atoms with Crippen molar-refractivity contribution in [3.63, 3.8) is 0 Å². The molecular formula is C8H13NOSi. The summed E-state index contributed by atoms with van der Waals surface area (Å²) in [4.78, 5) is 0. The van der Waals surface area contributed by atoms with E-state index < -0.39 is 8.24 Å². The summed E-state index contributed by atoms with van der Waals surface area (Å²) in [6.45, 7) is 6.59. The van der Waals surface area contributed by atoms with Crippen LogP contribution in [0.5, 0.6) is 0 Å². The van der Waals surface area contributed by atoms with E-state index >= 15 is 0 Å². The normalized spacial score (nSPS) is 12.6. The molecule has 0 aliphatic rings. The Labute approximate surface area is 68.0 Å². The molecule has 0 radical (unpaired) electrons. The Balaban J connectivity index is 2.63. The zero-order chi connectivity index (χ0) is 8.32. The minimum Gasteiger partial charge on any atom is -0.472 e. The Kier molecular flexibility index (Phi) is 2.29. The maximum atomic E-state index is 4.90. The Hall–Kier alpha value is -0.833. The zero-order valence-electron chi connectivity index (χ0n) is 7.16. The number of furan rings is 1. The quantitative estimate of drug-likeness (QED) is 0.491. The Morgan fingerprint density at radius 3 is 2.64 bits per heavy atom. The van der Waals surface area contributed by atoms with Gasteiger partial charge in [-0.3, -0.25) is 0 Å². The highest BCUT2D eigenvalue weighted by atomic mass is 28.3. The third kappa shape index (κ3) is 3.18. The molecule has 0 aliphatic carbocycles. The molecule has 0 saturated carbocycles. The first-order chi connectivity index (χ1) is 5.08. The van der Waals surface area contributed by atoms with E-state index in [4.69, 9.17) is 4.42 Å². The molecule has 0 bridgehead atoms. The van der Waals surface area contributed by atoms with E-state index in [-0.39, 0.29) is 0 Å². The van der Waals surface area contributed by atoms with Gasteiger partial charge in [0.25, 0.3) is 0 Å². The summed E-state index contributed by atoms with van der Waals surface area (Å²) < 4.78 is 9.36. The molecule has 0 spiro atoms. The van der Waals surface area contributed by atoms with Crippen LogP contribution in [0.2, 0.25) is 19.6 Å². The molecule has 2 nitrogen and oxygen atoms in total. The molecule has 0 amide bonds. The number of nitrogens with zero attached hydrogens (tertiary/aromatic N) is 1. The van der Waals surface area contributed by atoms with Gasteiger partial charge in [-0.15, -0.1) is 0 Å². The summed E-state index contributed by atoms with van der Waals surface area (Å²) >= 11 is 0. The first kappa shape index (κ1) is 8.27. The molecule has 0 unspecified atom stereocenters. The van der Waals surface area contributed by atoms with Crippen LogP contribution in [0.1, 0.15) is 5.56 Å². The fourth-order valence-corrected chi connectivity index (χ4v) is 1.15. The fourth-order valence-electron chi connectivity index (χ4n) is 0.617. The van der Waals surface area contributed by atoms with E-state index in [1.165, 1.54) is 0 Å². The SMILES string of the molecule is C[Si](C)(C)/N=C/c1ccoc1. The van der Waals surface area contributed by atoms with Crippen LogP contribution in [0.4, 0.5) is 0 Å². The first-order valence-corrected chi connectivity index (χ1v) is 7.10. The van der Waals surface area contributed by atoms with Crippen molar-refractivity contribution in [2.24, 2.45) is 4.66 Å². The highest BCUT2D eigenvalue weighted by molar-refractivity contribution is 6.75. The summed E-state index contributed by atoms with van der Waals surface area (Å²) in [7, 11) is -1.29. The van der Waals surface area contributed by atoms with Gasteiger partial charge >= 0.3 is 0 Å². The Morgan fingerprint density at radius 2 is 2.18 bits per heavy atom. The lowest BCUT2D eigenvalue weighted by Gasteiger charge is -2.06. The van der Waals surface area contributed by atoms with E-state index in [1.807, 2.05) is 12.3 Å². The van der Waals surface area contributed by atoms with Crippen LogP contribution < -0.4 is 0 Å². The van der Waals surface area contributed by atoms with Gasteiger partial charge in [0.1, 0.15) is 0 Å². The molecule has 0 atom stereocenters. The first-order valence-electron chi connectivity index (χ1n) is 3.65. The monoisotopic (exact) mass is 167 g/mol.